The minimum Gasteiger partial charge on any atom is -0.469 e. The Hall–Kier alpha value is -1.24. The number of aryl methyl sites for hydroxylation is 2. The summed E-state index contributed by atoms with van der Waals surface area (Å²) < 4.78 is 5.34. The third kappa shape index (κ3) is 2.62. The van der Waals surface area contributed by atoms with Crippen molar-refractivity contribution >= 4 is 0 Å². The molecule has 1 rings (SSSR count). The van der Waals surface area contributed by atoms with Crippen LogP contribution in [0.4, 0.5) is 0 Å². The van der Waals surface area contributed by atoms with E-state index in [9.17, 15) is 0 Å². The maximum Gasteiger partial charge on any atom is 0.106 e. The highest BCUT2D eigenvalue weighted by Gasteiger charge is 2.04. The van der Waals surface area contributed by atoms with Crippen molar-refractivity contribution in [1.29, 1.82) is 0 Å². The van der Waals surface area contributed by atoms with Crippen molar-refractivity contribution in [3.05, 3.63) is 49.0 Å². The van der Waals surface area contributed by atoms with E-state index in [4.69, 9.17) is 4.42 Å². The van der Waals surface area contributed by atoms with Crippen molar-refractivity contribution in [2.45, 2.75) is 19.8 Å². The molecule has 1 heterocycles. The van der Waals surface area contributed by atoms with Crippen molar-refractivity contribution < 1.29 is 4.42 Å². The highest BCUT2D eigenvalue weighted by atomic mass is 16.3. The van der Waals surface area contributed by atoms with E-state index in [1.807, 2.05) is 18.2 Å². The fourth-order valence-electron chi connectivity index (χ4n) is 1.29. The highest BCUT2D eigenvalue weighted by Crippen LogP contribution is 2.15. The van der Waals surface area contributed by atoms with Crippen LogP contribution in [-0.4, -0.2) is 0 Å². The maximum atomic E-state index is 5.34. The van der Waals surface area contributed by atoms with E-state index in [0.717, 1.165) is 18.6 Å². The summed E-state index contributed by atoms with van der Waals surface area (Å²) in [6, 6.07) is 1.99. The molecule has 0 aromatic carbocycles. The topological polar surface area (TPSA) is 13.1 Å². The van der Waals surface area contributed by atoms with Gasteiger partial charge in [-0.25, -0.2) is 0 Å². The predicted octanol–water partition coefficient (Wildman–Crippen LogP) is 3.51. The zero-order chi connectivity index (χ0) is 9.68. The van der Waals surface area contributed by atoms with E-state index in [1.54, 1.807) is 6.26 Å². The van der Waals surface area contributed by atoms with Crippen molar-refractivity contribution in [3.8, 4) is 0 Å². The first-order valence-electron chi connectivity index (χ1n) is 4.56. The summed E-state index contributed by atoms with van der Waals surface area (Å²) in [6.45, 7) is 9.57. The number of furan rings is 1. The van der Waals surface area contributed by atoms with E-state index in [0.29, 0.717) is 5.92 Å². The number of allylic oxidation sites excluding steroid dienone is 2. The van der Waals surface area contributed by atoms with Crippen LogP contribution in [0.2, 0.25) is 0 Å². The summed E-state index contributed by atoms with van der Waals surface area (Å²) in [5.41, 5.74) is 1.23. The second-order valence-electron chi connectivity index (χ2n) is 3.20. The number of hydrogen-bond donors (Lipinski definition) is 0. The smallest absolute Gasteiger partial charge is 0.106 e. The summed E-state index contributed by atoms with van der Waals surface area (Å²) in [5.74, 6) is 1.47. The van der Waals surface area contributed by atoms with Crippen LogP contribution in [-0.2, 0) is 6.42 Å². The Labute approximate surface area is 79.8 Å². The lowest BCUT2D eigenvalue weighted by molar-refractivity contribution is 0.491. The van der Waals surface area contributed by atoms with Gasteiger partial charge in [0, 0.05) is 6.42 Å². The van der Waals surface area contributed by atoms with Crippen LogP contribution < -0.4 is 0 Å². The van der Waals surface area contributed by atoms with Gasteiger partial charge in [0.25, 0.3) is 0 Å². The minimum absolute atomic E-state index is 0.393. The molecule has 0 unspecified atom stereocenters. The summed E-state index contributed by atoms with van der Waals surface area (Å²) in [4.78, 5) is 0. The van der Waals surface area contributed by atoms with Gasteiger partial charge in [0.2, 0.25) is 0 Å². The lowest BCUT2D eigenvalue weighted by Crippen LogP contribution is -1.94. The second kappa shape index (κ2) is 4.70. The van der Waals surface area contributed by atoms with Crippen LogP contribution in [0, 0.1) is 12.8 Å². The van der Waals surface area contributed by atoms with Crippen LogP contribution in [0.5, 0.6) is 0 Å². The molecule has 0 fully saturated rings. The second-order valence-corrected chi connectivity index (χ2v) is 3.20. The molecule has 70 valence electrons. The summed E-state index contributed by atoms with van der Waals surface area (Å²) in [6.07, 6.45) is 7.57. The molecule has 0 N–H and O–H groups in total. The Bertz CT molecular complexity index is 275. The first-order valence-corrected chi connectivity index (χ1v) is 4.56. The highest BCUT2D eigenvalue weighted by molar-refractivity contribution is 5.14. The van der Waals surface area contributed by atoms with Gasteiger partial charge in [0.05, 0.1) is 6.26 Å². The van der Waals surface area contributed by atoms with Gasteiger partial charge < -0.3 is 4.42 Å². The average molecular weight is 176 g/mol. The van der Waals surface area contributed by atoms with E-state index in [-0.39, 0.29) is 0 Å². The van der Waals surface area contributed by atoms with Gasteiger partial charge in [-0.05, 0) is 30.9 Å². The van der Waals surface area contributed by atoms with Gasteiger partial charge in [-0.3, -0.25) is 0 Å². The monoisotopic (exact) mass is 176 g/mol. The molecule has 0 radical (unpaired) electrons. The normalized spacial score (nSPS) is 10.3. The molecule has 1 aromatic rings. The molecule has 0 aliphatic rings. The van der Waals surface area contributed by atoms with Gasteiger partial charge in [0.1, 0.15) is 5.76 Å². The fourth-order valence-corrected chi connectivity index (χ4v) is 1.29. The molecule has 0 saturated heterocycles. The molecule has 13 heavy (non-hydrogen) atoms. The van der Waals surface area contributed by atoms with E-state index in [1.165, 1.54) is 5.56 Å². The Kier molecular flexibility index (Phi) is 3.56. The summed E-state index contributed by atoms with van der Waals surface area (Å²) >= 11 is 0. The van der Waals surface area contributed by atoms with Gasteiger partial charge in [-0.15, -0.1) is 13.2 Å². The standard InChI is InChI=1S/C12H16O/c1-4-11(5-2)6-7-12-10(3)8-9-13-12/h4-5,8-9,11H,1-2,6-7H2,3H3. The van der Waals surface area contributed by atoms with Crippen LogP contribution in [0.1, 0.15) is 17.7 Å². The molecular weight excluding hydrogens is 160 g/mol. The van der Waals surface area contributed by atoms with Crippen molar-refractivity contribution in [1.82, 2.24) is 0 Å². The molecule has 0 saturated carbocycles. The Morgan fingerprint density at radius 3 is 2.62 bits per heavy atom. The fraction of sp³-hybridized carbons (Fsp3) is 0.333. The zero-order valence-corrected chi connectivity index (χ0v) is 8.12. The molecular formula is C12H16O. The first kappa shape index (κ1) is 9.85. The van der Waals surface area contributed by atoms with Gasteiger partial charge >= 0.3 is 0 Å². The van der Waals surface area contributed by atoms with E-state index in [2.05, 4.69) is 20.1 Å². The van der Waals surface area contributed by atoms with Crippen molar-refractivity contribution in [2.24, 2.45) is 5.92 Å². The molecule has 0 spiro atoms. The van der Waals surface area contributed by atoms with E-state index < -0.39 is 0 Å². The zero-order valence-electron chi connectivity index (χ0n) is 8.12. The van der Waals surface area contributed by atoms with Crippen LogP contribution in [0.3, 0.4) is 0 Å². The molecule has 0 aliphatic carbocycles. The molecule has 1 aromatic heterocycles. The lowest BCUT2D eigenvalue weighted by Gasteiger charge is -2.04. The summed E-state index contributed by atoms with van der Waals surface area (Å²) in [7, 11) is 0. The third-order valence-electron chi connectivity index (χ3n) is 2.28. The number of hydrogen-bond acceptors (Lipinski definition) is 1. The van der Waals surface area contributed by atoms with Crippen LogP contribution in [0.15, 0.2) is 42.1 Å². The maximum absolute atomic E-state index is 5.34. The number of rotatable bonds is 5. The Morgan fingerprint density at radius 1 is 1.46 bits per heavy atom. The van der Waals surface area contributed by atoms with Crippen LogP contribution in [0.25, 0.3) is 0 Å². The molecule has 0 atom stereocenters. The van der Waals surface area contributed by atoms with Gasteiger partial charge in [-0.1, -0.05) is 12.2 Å². The predicted molar refractivity (Wildman–Crippen MR) is 55.7 cm³/mol. The molecule has 1 nitrogen and oxygen atoms in total. The van der Waals surface area contributed by atoms with Crippen molar-refractivity contribution in [2.75, 3.05) is 0 Å². The SMILES string of the molecule is C=CC(C=C)CCc1occc1C. The van der Waals surface area contributed by atoms with Crippen molar-refractivity contribution in [3.63, 3.8) is 0 Å². The molecule has 0 amide bonds. The first-order chi connectivity index (χ1) is 6.27. The third-order valence-corrected chi connectivity index (χ3v) is 2.28. The van der Waals surface area contributed by atoms with Gasteiger partial charge in [0.15, 0.2) is 0 Å². The Balaban J connectivity index is 2.47. The average Bonchev–Trinajstić information content (AvgIpc) is 2.54. The van der Waals surface area contributed by atoms with Gasteiger partial charge in [-0.2, -0.15) is 0 Å². The largest absolute Gasteiger partial charge is 0.469 e. The molecule has 0 bridgehead atoms. The van der Waals surface area contributed by atoms with E-state index >= 15 is 0 Å². The molecule has 0 aliphatic heterocycles. The minimum atomic E-state index is 0.393. The summed E-state index contributed by atoms with van der Waals surface area (Å²) in [5, 5.41) is 0. The Morgan fingerprint density at radius 2 is 2.15 bits per heavy atom. The lowest BCUT2D eigenvalue weighted by atomic mass is 10.0. The molecule has 1 heteroatoms. The quantitative estimate of drug-likeness (QED) is 0.626. The van der Waals surface area contributed by atoms with Crippen LogP contribution >= 0.6 is 0 Å².